The average molecular weight is 343 g/mol. The van der Waals surface area contributed by atoms with Crippen LogP contribution in [0.1, 0.15) is 24.0 Å². The Morgan fingerprint density at radius 3 is 2.52 bits per heavy atom. The lowest BCUT2D eigenvalue weighted by Crippen LogP contribution is -2.23. The molecule has 2 aromatic rings. The second kappa shape index (κ2) is 7.29. The SMILES string of the molecule is O=C1CCCN1Cc1ccc(CNc2cc(F)ccc2[N+](=O)[O-])cc1. The molecule has 1 N–H and O–H groups in total. The molecular formula is C18H18FN3O3. The number of hydrogen-bond donors (Lipinski definition) is 1. The lowest BCUT2D eigenvalue weighted by molar-refractivity contribution is -0.384. The highest BCUT2D eigenvalue weighted by molar-refractivity contribution is 5.78. The molecule has 1 aliphatic heterocycles. The van der Waals surface area contributed by atoms with E-state index in [4.69, 9.17) is 0 Å². The third-order valence-corrected chi connectivity index (χ3v) is 4.21. The summed E-state index contributed by atoms with van der Waals surface area (Å²) in [6.07, 6.45) is 1.53. The van der Waals surface area contributed by atoms with Gasteiger partial charge in [0.05, 0.1) is 4.92 Å². The van der Waals surface area contributed by atoms with E-state index < -0.39 is 10.7 Å². The van der Waals surface area contributed by atoms with E-state index in [1.165, 1.54) is 0 Å². The number of carbonyl (C=O) groups is 1. The van der Waals surface area contributed by atoms with Crippen LogP contribution in [0.5, 0.6) is 0 Å². The zero-order valence-electron chi connectivity index (χ0n) is 13.6. The van der Waals surface area contributed by atoms with Crippen LogP contribution in [0.2, 0.25) is 0 Å². The van der Waals surface area contributed by atoms with Crippen LogP contribution in [0.3, 0.4) is 0 Å². The molecule has 1 aliphatic rings. The predicted octanol–water partition coefficient (Wildman–Crippen LogP) is 3.47. The molecule has 0 unspecified atom stereocenters. The number of nitrogens with zero attached hydrogens (tertiary/aromatic N) is 2. The summed E-state index contributed by atoms with van der Waals surface area (Å²) in [4.78, 5) is 23.9. The molecule has 1 fully saturated rings. The fraction of sp³-hybridized carbons (Fsp3) is 0.278. The lowest BCUT2D eigenvalue weighted by Gasteiger charge is -2.15. The number of nitrogens with one attached hydrogen (secondary N) is 1. The molecule has 0 aliphatic carbocycles. The van der Waals surface area contributed by atoms with Crippen molar-refractivity contribution in [1.82, 2.24) is 4.90 Å². The minimum atomic E-state index is -0.544. The van der Waals surface area contributed by atoms with Crippen molar-refractivity contribution in [3.63, 3.8) is 0 Å². The molecule has 1 heterocycles. The van der Waals surface area contributed by atoms with Crippen molar-refractivity contribution in [2.24, 2.45) is 0 Å². The van der Waals surface area contributed by atoms with E-state index in [1.807, 2.05) is 29.2 Å². The number of amides is 1. The summed E-state index contributed by atoms with van der Waals surface area (Å²) in [7, 11) is 0. The van der Waals surface area contributed by atoms with Gasteiger partial charge in [0.2, 0.25) is 5.91 Å². The topological polar surface area (TPSA) is 75.5 Å². The zero-order chi connectivity index (χ0) is 17.8. The Labute approximate surface area is 144 Å². The Kier molecular flexibility index (Phi) is 4.92. The maximum Gasteiger partial charge on any atom is 0.292 e. The normalized spacial score (nSPS) is 14.0. The summed E-state index contributed by atoms with van der Waals surface area (Å²) in [6, 6.07) is 11.0. The fourth-order valence-electron chi connectivity index (χ4n) is 2.86. The van der Waals surface area contributed by atoms with Crippen LogP contribution in [-0.4, -0.2) is 22.3 Å². The Bertz CT molecular complexity index is 793. The van der Waals surface area contributed by atoms with Crippen LogP contribution in [0.15, 0.2) is 42.5 Å². The first-order valence-electron chi connectivity index (χ1n) is 8.06. The van der Waals surface area contributed by atoms with Crippen LogP contribution >= 0.6 is 0 Å². The number of anilines is 1. The van der Waals surface area contributed by atoms with Gasteiger partial charge >= 0.3 is 0 Å². The van der Waals surface area contributed by atoms with Crippen molar-refractivity contribution in [2.75, 3.05) is 11.9 Å². The first-order valence-corrected chi connectivity index (χ1v) is 8.06. The quantitative estimate of drug-likeness (QED) is 0.644. The van der Waals surface area contributed by atoms with Gasteiger partial charge in [-0.3, -0.25) is 14.9 Å². The Morgan fingerprint density at radius 1 is 1.16 bits per heavy atom. The molecule has 7 heteroatoms. The second-order valence-electron chi connectivity index (χ2n) is 6.01. The largest absolute Gasteiger partial charge is 0.375 e. The first-order chi connectivity index (χ1) is 12.0. The van der Waals surface area contributed by atoms with Crippen molar-refractivity contribution in [3.8, 4) is 0 Å². The van der Waals surface area contributed by atoms with Crippen LogP contribution in [0.25, 0.3) is 0 Å². The number of halogens is 1. The summed E-state index contributed by atoms with van der Waals surface area (Å²) < 4.78 is 13.3. The van der Waals surface area contributed by atoms with Crippen molar-refractivity contribution in [1.29, 1.82) is 0 Å². The second-order valence-corrected chi connectivity index (χ2v) is 6.01. The highest BCUT2D eigenvalue weighted by Gasteiger charge is 2.19. The third-order valence-electron chi connectivity index (χ3n) is 4.21. The van der Waals surface area contributed by atoms with E-state index in [0.29, 0.717) is 19.5 Å². The molecule has 1 saturated heterocycles. The number of hydrogen-bond acceptors (Lipinski definition) is 4. The smallest absolute Gasteiger partial charge is 0.292 e. The molecule has 0 saturated carbocycles. The molecule has 0 spiro atoms. The minimum absolute atomic E-state index is 0.150. The predicted molar refractivity (Wildman–Crippen MR) is 91.5 cm³/mol. The fourth-order valence-corrected chi connectivity index (χ4v) is 2.86. The molecular weight excluding hydrogens is 325 g/mol. The van der Waals surface area contributed by atoms with E-state index in [0.717, 1.165) is 42.3 Å². The van der Waals surface area contributed by atoms with Crippen molar-refractivity contribution in [2.45, 2.75) is 25.9 Å². The van der Waals surface area contributed by atoms with E-state index >= 15 is 0 Å². The summed E-state index contributed by atoms with van der Waals surface area (Å²) in [5.41, 5.74) is 1.94. The van der Waals surface area contributed by atoms with Crippen LogP contribution < -0.4 is 5.32 Å². The van der Waals surface area contributed by atoms with Gasteiger partial charge in [-0.1, -0.05) is 24.3 Å². The van der Waals surface area contributed by atoms with Gasteiger partial charge in [-0.15, -0.1) is 0 Å². The molecule has 1 amide bonds. The number of likely N-dealkylation sites (tertiary alicyclic amines) is 1. The van der Waals surface area contributed by atoms with Gasteiger partial charge in [0.15, 0.2) is 0 Å². The molecule has 0 aromatic heterocycles. The summed E-state index contributed by atoms with van der Waals surface area (Å²) in [6.45, 7) is 1.74. The molecule has 2 aromatic carbocycles. The Balaban J connectivity index is 1.63. The number of benzene rings is 2. The van der Waals surface area contributed by atoms with Crippen LogP contribution in [0.4, 0.5) is 15.8 Å². The minimum Gasteiger partial charge on any atom is -0.375 e. The first kappa shape index (κ1) is 16.9. The van der Waals surface area contributed by atoms with Crippen molar-refractivity contribution >= 4 is 17.3 Å². The standard InChI is InChI=1S/C18H18FN3O3/c19-15-7-8-17(22(24)25)16(10-15)20-11-13-3-5-14(6-4-13)12-21-9-1-2-18(21)23/h3-8,10,20H,1-2,9,11-12H2. The van der Waals surface area contributed by atoms with Gasteiger partial charge in [-0.05, 0) is 23.6 Å². The molecule has 6 nitrogen and oxygen atoms in total. The van der Waals surface area contributed by atoms with Gasteiger partial charge in [-0.2, -0.15) is 0 Å². The molecule has 0 radical (unpaired) electrons. The number of rotatable bonds is 6. The number of nitro groups is 1. The van der Waals surface area contributed by atoms with Gasteiger partial charge in [-0.25, -0.2) is 4.39 Å². The molecule has 25 heavy (non-hydrogen) atoms. The monoisotopic (exact) mass is 343 g/mol. The summed E-state index contributed by atoms with van der Waals surface area (Å²) in [5, 5.41) is 13.9. The molecule has 3 rings (SSSR count). The highest BCUT2D eigenvalue weighted by atomic mass is 19.1. The third kappa shape index (κ3) is 4.12. The van der Waals surface area contributed by atoms with Crippen molar-refractivity contribution in [3.05, 3.63) is 69.5 Å². The zero-order valence-corrected chi connectivity index (χ0v) is 13.6. The maximum atomic E-state index is 13.3. The summed E-state index contributed by atoms with van der Waals surface area (Å²) >= 11 is 0. The van der Waals surface area contributed by atoms with E-state index in [1.54, 1.807) is 0 Å². The molecule has 0 bridgehead atoms. The van der Waals surface area contributed by atoms with Crippen LogP contribution in [-0.2, 0) is 17.9 Å². The van der Waals surface area contributed by atoms with Gasteiger partial charge in [0, 0.05) is 38.2 Å². The van der Waals surface area contributed by atoms with Gasteiger partial charge < -0.3 is 10.2 Å². The lowest BCUT2D eigenvalue weighted by atomic mass is 10.1. The number of nitro benzene ring substituents is 1. The highest BCUT2D eigenvalue weighted by Crippen LogP contribution is 2.25. The van der Waals surface area contributed by atoms with E-state index in [9.17, 15) is 19.3 Å². The summed E-state index contributed by atoms with van der Waals surface area (Å²) in [5.74, 6) is -0.345. The van der Waals surface area contributed by atoms with Crippen molar-refractivity contribution < 1.29 is 14.1 Å². The molecule has 130 valence electrons. The average Bonchev–Trinajstić information content (AvgIpc) is 2.99. The molecule has 0 atom stereocenters. The van der Waals surface area contributed by atoms with Gasteiger partial charge in [0.25, 0.3) is 5.69 Å². The van der Waals surface area contributed by atoms with E-state index in [2.05, 4.69) is 5.32 Å². The maximum absolute atomic E-state index is 13.3. The Hall–Kier alpha value is -2.96. The van der Waals surface area contributed by atoms with Gasteiger partial charge in [0.1, 0.15) is 11.5 Å². The Morgan fingerprint density at radius 2 is 1.88 bits per heavy atom. The van der Waals surface area contributed by atoms with Crippen LogP contribution in [0, 0.1) is 15.9 Å². The van der Waals surface area contributed by atoms with E-state index in [-0.39, 0.29) is 17.3 Å². The number of carbonyl (C=O) groups excluding carboxylic acids is 1.